The Kier molecular flexibility index (Phi) is 4.78. The van der Waals surface area contributed by atoms with Crippen LogP contribution in [0.15, 0.2) is 30.3 Å². The molecule has 0 unspecified atom stereocenters. The van der Waals surface area contributed by atoms with E-state index in [9.17, 15) is 19.2 Å². The number of carbonyl (C=O) groups is 4. The summed E-state index contributed by atoms with van der Waals surface area (Å²) in [6, 6.07) is 7.97. The molecule has 134 valence electrons. The van der Waals surface area contributed by atoms with Crippen LogP contribution in [-0.2, 0) is 9.59 Å². The lowest BCUT2D eigenvalue weighted by atomic mass is 10.1. The van der Waals surface area contributed by atoms with E-state index in [1.54, 1.807) is 24.3 Å². The highest BCUT2D eigenvalue weighted by molar-refractivity contribution is 6.08. The van der Waals surface area contributed by atoms with Crippen molar-refractivity contribution in [2.75, 3.05) is 25.0 Å². The minimum absolute atomic E-state index is 0.165. The maximum Gasteiger partial charge on any atom is 0.325 e. The summed E-state index contributed by atoms with van der Waals surface area (Å²) in [5, 5.41) is 8.06. The molecule has 1 fully saturated rings. The fourth-order valence-corrected chi connectivity index (χ4v) is 2.65. The van der Waals surface area contributed by atoms with Crippen molar-refractivity contribution in [2.45, 2.75) is 6.92 Å². The van der Waals surface area contributed by atoms with Gasteiger partial charge in [0.15, 0.2) is 0 Å². The Hall–Kier alpha value is -3.49. The highest BCUT2D eigenvalue weighted by Crippen LogP contribution is 2.21. The molecule has 26 heavy (non-hydrogen) atoms. The Morgan fingerprint density at radius 3 is 2.73 bits per heavy atom. The maximum atomic E-state index is 12.3. The molecule has 9 heteroatoms. The first kappa shape index (κ1) is 17.3. The SMILES string of the molecule is CCNC(=O)c1cc(NC(=O)CN2CC(=O)NC2=O)nc2ccccc12. The van der Waals surface area contributed by atoms with Crippen LogP contribution in [0.2, 0.25) is 0 Å². The number of carbonyl (C=O) groups excluding carboxylic acids is 4. The average Bonchev–Trinajstić information content (AvgIpc) is 2.91. The monoisotopic (exact) mass is 355 g/mol. The summed E-state index contributed by atoms with van der Waals surface area (Å²) in [6.07, 6.45) is 0. The first-order valence-corrected chi connectivity index (χ1v) is 8.04. The highest BCUT2D eigenvalue weighted by atomic mass is 16.2. The van der Waals surface area contributed by atoms with Gasteiger partial charge < -0.3 is 15.5 Å². The normalized spacial score (nSPS) is 13.7. The molecule has 1 aliphatic rings. The van der Waals surface area contributed by atoms with Crippen LogP contribution in [0, 0.1) is 0 Å². The molecular weight excluding hydrogens is 338 g/mol. The van der Waals surface area contributed by atoms with Gasteiger partial charge in [-0.1, -0.05) is 18.2 Å². The number of nitrogens with zero attached hydrogens (tertiary/aromatic N) is 2. The van der Waals surface area contributed by atoms with E-state index in [0.717, 1.165) is 4.90 Å². The fraction of sp³-hybridized carbons (Fsp3) is 0.235. The van der Waals surface area contributed by atoms with Crippen LogP contribution in [0.4, 0.5) is 10.6 Å². The number of benzene rings is 1. The number of pyridine rings is 1. The highest BCUT2D eigenvalue weighted by Gasteiger charge is 2.28. The van der Waals surface area contributed by atoms with Crippen LogP contribution < -0.4 is 16.0 Å². The molecule has 2 aromatic rings. The van der Waals surface area contributed by atoms with Crippen LogP contribution in [0.5, 0.6) is 0 Å². The summed E-state index contributed by atoms with van der Waals surface area (Å²) >= 11 is 0. The van der Waals surface area contributed by atoms with E-state index in [1.807, 2.05) is 6.92 Å². The molecule has 0 bridgehead atoms. The van der Waals surface area contributed by atoms with Crippen molar-refractivity contribution in [3.05, 3.63) is 35.9 Å². The number of amides is 5. The molecule has 3 rings (SSSR count). The predicted molar refractivity (Wildman–Crippen MR) is 93.5 cm³/mol. The third-order valence-corrected chi connectivity index (χ3v) is 3.77. The summed E-state index contributed by atoms with van der Waals surface area (Å²) in [6.45, 7) is 1.83. The average molecular weight is 355 g/mol. The summed E-state index contributed by atoms with van der Waals surface area (Å²) in [5.41, 5.74) is 0.947. The number of imide groups is 1. The summed E-state index contributed by atoms with van der Waals surface area (Å²) in [7, 11) is 0. The second-order valence-electron chi connectivity index (χ2n) is 5.69. The Bertz CT molecular complexity index is 911. The first-order valence-electron chi connectivity index (χ1n) is 8.04. The molecule has 1 aromatic carbocycles. The van der Waals surface area contributed by atoms with Gasteiger partial charge >= 0.3 is 6.03 Å². The number of fused-ring (bicyclic) bond motifs is 1. The number of hydrogen-bond acceptors (Lipinski definition) is 5. The lowest BCUT2D eigenvalue weighted by molar-refractivity contribution is -0.119. The van der Waals surface area contributed by atoms with Gasteiger partial charge in [0.05, 0.1) is 11.1 Å². The van der Waals surface area contributed by atoms with E-state index in [1.165, 1.54) is 6.07 Å². The zero-order valence-corrected chi connectivity index (χ0v) is 14.0. The number of rotatable bonds is 5. The third-order valence-electron chi connectivity index (χ3n) is 3.77. The fourth-order valence-electron chi connectivity index (χ4n) is 2.65. The minimum Gasteiger partial charge on any atom is -0.352 e. The molecule has 0 saturated carbocycles. The van der Waals surface area contributed by atoms with Crippen LogP contribution in [0.25, 0.3) is 10.9 Å². The van der Waals surface area contributed by atoms with Gasteiger partial charge in [-0.15, -0.1) is 0 Å². The van der Waals surface area contributed by atoms with Crippen LogP contribution in [0.1, 0.15) is 17.3 Å². The van der Waals surface area contributed by atoms with Gasteiger partial charge in [0.25, 0.3) is 5.91 Å². The van der Waals surface area contributed by atoms with Crippen LogP contribution >= 0.6 is 0 Å². The summed E-state index contributed by atoms with van der Waals surface area (Å²) in [5.74, 6) is -1.04. The van der Waals surface area contributed by atoms with Crippen molar-refractivity contribution in [2.24, 2.45) is 0 Å². The van der Waals surface area contributed by atoms with E-state index in [2.05, 4.69) is 20.9 Å². The zero-order chi connectivity index (χ0) is 18.7. The molecule has 0 spiro atoms. The molecule has 0 atom stereocenters. The standard InChI is InChI=1S/C17H17N5O4/c1-2-18-16(25)11-7-13(19-12-6-4-3-5-10(11)12)20-14(23)8-22-9-15(24)21-17(22)26/h3-7H,2,8-9H2,1H3,(H,18,25)(H,19,20,23)(H,21,24,26). The zero-order valence-electron chi connectivity index (χ0n) is 14.0. The predicted octanol–water partition coefficient (Wildman–Crippen LogP) is 0.475. The van der Waals surface area contributed by atoms with Crippen LogP contribution in [-0.4, -0.2) is 53.3 Å². The van der Waals surface area contributed by atoms with Crippen LogP contribution in [0.3, 0.4) is 0 Å². The molecule has 1 aliphatic heterocycles. The Morgan fingerprint density at radius 2 is 2.04 bits per heavy atom. The van der Waals surface area contributed by atoms with Crippen molar-refractivity contribution in [1.82, 2.24) is 20.5 Å². The van der Waals surface area contributed by atoms with E-state index in [-0.39, 0.29) is 24.8 Å². The van der Waals surface area contributed by atoms with Gasteiger partial charge in [-0.25, -0.2) is 9.78 Å². The van der Waals surface area contributed by atoms with Crippen molar-refractivity contribution in [3.63, 3.8) is 0 Å². The molecule has 0 aliphatic carbocycles. The largest absolute Gasteiger partial charge is 0.352 e. The van der Waals surface area contributed by atoms with Crippen molar-refractivity contribution in [3.8, 4) is 0 Å². The second-order valence-corrected chi connectivity index (χ2v) is 5.69. The number of aromatic nitrogens is 1. The maximum absolute atomic E-state index is 12.3. The van der Waals surface area contributed by atoms with Gasteiger partial charge in [-0.3, -0.25) is 19.7 Å². The molecule has 1 aromatic heterocycles. The van der Waals surface area contributed by atoms with Gasteiger partial charge in [-0.05, 0) is 19.1 Å². The first-order chi connectivity index (χ1) is 12.5. The number of urea groups is 1. The third kappa shape index (κ3) is 3.61. The Balaban J connectivity index is 1.83. The quantitative estimate of drug-likeness (QED) is 0.674. The van der Waals surface area contributed by atoms with E-state index >= 15 is 0 Å². The number of anilines is 1. The van der Waals surface area contributed by atoms with Gasteiger partial charge in [-0.2, -0.15) is 0 Å². The lowest BCUT2D eigenvalue weighted by Crippen LogP contribution is -2.35. The molecule has 3 N–H and O–H groups in total. The van der Waals surface area contributed by atoms with Gasteiger partial charge in [0.1, 0.15) is 18.9 Å². The smallest absolute Gasteiger partial charge is 0.325 e. The molecule has 2 heterocycles. The minimum atomic E-state index is -0.611. The van der Waals surface area contributed by atoms with E-state index in [4.69, 9.17) is 0 Å². The van der Waals surface area contributed by atoms with Gasteiger partial charge in [0.2, 0.25) is 11.8 Å². The molecule has 1 saturated heterocycles. The number of hydrogen-bond donors (Lipinski definition) is 3. The second kappa shape index (κ2) is 7.18. The van der Waals surface area contributed by atoms with E-state index in [0.29, 0.717) is 23.0 Å². The molecule has 5 amide bonds. The van der Waals surface area contributed by atoms with Gasteiger partial charge in [0, 0.05) is 11.9 Å². The van der Waals surface area contributed by atoms with E-state index < -0.39 is 17.8 Å². The number of para-hydroxylation sites is 1. The van der Waals surface area contributed by atoms with Crippen molar-refractivity contribution < 1.29 is 19.2 Å². The van der Waals surface area contributed by atoms with Crippen molar-refractivity contribution >= 4 is 40.5 Å². The summed E-state index contributed by atoms with van der Waals surface area (Å²) < 4.78 is 0. The molecule has 0 radical (unpaired) electrons. The Morgan fingerprint density at radius 1 is 1.27 bits per heavy atom. The number of nitrogens with one attached hydrogen (secondary N) is 3. The summed E-state index contributed by atoms with van der Waals surface area (Å²) in [4.78, 5) is 52.6. The molecular formula is C17H17N5O4. The Labute approximate surface area is 148 Å². The molecule has 9 nitrogen and oxygen atoms in total. The van der Waals surface area contributed by atoms with Crippen molar-refractivity contribution in [1.29, 1.82) is 0 Å². The topological polar surface area (TPSA) is 121 Å². The lowest BCUT2D eigenvalue weighted by Gasteiger charge is -2.14.